The molecule has 0 aliphatic rings. The first-order chi connectivity index (χ1) is 9.38. The van der Waals surface area contributed by atoms with Gasteiger partial charge in [-0.1, -0.05) is 11.3 Å². The van der Waals surface area contributed by atoms with Crippen LogP contribution in [0.4, 0.5) is 18.3 Å². The van der Waals surface area contributed by atoms with Crippen molar-refractivity contribution in [3.8, 4) is 0 Å². The lowest BCUT2D eigenvalue weighted by Gasteiger charge is -2.19. The number of amides is 1. The number of imidazole rings is 1. The largest absolute Gasteiger partial charge is 0.399 e. The van der Waals surface area contributed by atoms with Crippen LogP contribution in [0.2, 0.25) is 0 Å². The molecule has 2 heterocycles. The van der Waals surface area contributed by atoms with E-state index in [0.29, 0.717) is 0 Å². The van der Waals surface area contributed by atoms with Crippen molar-refractivity contribution >= 4 is 22.4 Å². The summed E-state index contributed by atoms with van der Waals surface area (Å²) in [5, 5.41) is 9.46. The number of carbonyl (C=O) groups excluding carboxylic acids is 1. The van der Waals surface area contributed by atoms with Crippen molar-refractivity contribution in [1.29, 1.82) is 0 Å². The zero-order valence-electron chi connectivity index (χ0n) is 10.3. The molecule has 0 aliphatic heterocycles. The zero-order valence-corrected chi connectivity index (χ0v) is 11.1. The van der Waals surface area contributed by atoms with E-state index in [0.717, 1.165) is 11.3 Å². The third-order valence-corrected chi connectivity index (χ3v) is 3.17. The Morgan fingerprint density at radius 2 is 2.30 bits per heavy atom. The Kier molecular flexibility index (Phi) is 4.02. The second-order valence-corrected chi connectivity index (χ2v) is 4.82. The van der Waals surface area contributed by atoms with Gasteiger partial charge in [-0.05, 0) is 0 Å². The minimum absolute atomic E-state index is 0.163. The van der Waals surface area contributed by atoms with Crippen LogP contribution in [0, 0.1) is 0 Å². The average Bonchev–Trinajstić information content (AvgIpc) is 2.96. The Morgan fingerprint density at radius 1 is 1.55 bits per heavy atom. The number of rotatable bonds is 4. The van der Waals surface area contributed by atoms with Gasteiger partial charge >= 0.3 is 6.18 Å². The number of aryl methyl sites for hydroxylation is 1. The molecule has 10 heteroatoms. The number of aromatic nitrogens is 4. The lowest BCUT2D eigenvalue weighted by Crippen LogP contribution is -2.28. The second kappa shape index (κ2) is 5.57. The minimum Gasteiger partial charge on any atom is -0.337 e. The van der Waals surface area contributed by atoms with E-state index >= 15 is 0 Å². The molecule has 0 aromatic carbocycles. The molecule has 1 atom stereocenters. The molecule has 0 saturated carbocycles. The Balaban J connectivity index is 2.13. The third-order valence-electron chi connectivity index (χ3n) is 2.56. The summed E-state index contributed by atoms with van der Waals surface area (Å²) in [6.07, 6.45) is -2.65. The first-order valence-electron chi connectivity index (χ1n) is 5.48. The van der Waals surface area contributed by atoms with Gasteiger partial charge in [-0.2, -0.15) is 13.2 Å². The molecule has 0 spiro atoms. The van der Waals surface area contributed by atoms with Crippen LogP contribution in [0.15, 0.2) is 17.9 Å². The standard InChI is InChI=1S/C10H10F3N5OS/c1-18-3-2-14-8(18)6(10(11,12)13)4-7(19)16-9-17-15-5-20-9/h2-3,5-6H,4H2,1H3,(H,16,17,19). The van der Waals surface area contributed by atoms with Gasteiger partial charge in [-0.15, -0.1) is 10.2 Å². The summed E-state index contributed by atoms with van der Waals surface area (Å²) in [5.74, 6) is -2.95. The van der Waals surface area contributed by atoms with Gasteiger partial charge in [0.15, 0.2) is 0 Å². The summed E-state index contributed by atoms with van der Waals surface area (Å²) in [5.41, 5.74) is 1.37. The van der Waals surface area contributed by atoms with E-state index in [-0.39, 0.29) is 11.0 Å². The number of anilines is 1. The summed E-state index contributed by atoms with van der Waals surface area (Å²) >= 11 is 1.03. The number of hydrogen-bond acceptors (Lipinski definition) is 5. The highest BCUT2D eigenvalue weighted by molar-refractivity contribution is 7.13. The Labute approximate surface area is 115 Å². The molecule has 2 aromatic heterocycles. The number of hydrogen-bond donors (Lipinski definition) is 1. The highest BCUT2D eigenvalue weighted by atomic mass is 32.1. The molecule has 1 unspecified atom stereocenters. The molecule has 0 radical (unpaired) electrons. The Bertz CT molecular complexity index is 580. The van der Waals surface area contributed by atoms with Crippen molar-refractivity contribution in [3.63, 3.8) is 0 Å². The monoisotopic (exact) mass is 305 g/mol. The lowest BCUT2D eigenvalue weighted by molar-refractivity contribution is -0.157. The number of halogens is 3. The van der Waals surface area contributed by atoms with Gasteiger partial charge in [0.2, 0.25) is 11.0 Å². The van der Waals surface area contributed by atoms with Crippen LogP contribution in [0.5, 0.6) is 0 Å². The first kappa shape index (κ1) is 14.4. The molecular formula is C10H10F3N5OS. The van der Waals surface area contributed by atoms with Crippen LogP contribution >= 0.6 is 11.3 Å². The van der Waals surface area contributed by atoms with Gasteiger partial charge < -0.3 is 9.88 Å². The summed E-state index contributed by atoms with van der Waals surface area (Å²) in [6, 6.07) is 0. The number of carbonyl (C=O) groups is 1. The summed E-state index contributed by atoms with van der Waals surface area (Å²) in [4.78, 5) is 15.3. The molecule has 0 fully saturated rings. The topological polar surface area (TPSA) is 72.7 Å². The quantitative estimate of drug-likeness (QED) is 0.937. The zero-order chi connectivity index (χ0) is 14.8. The van der Waals surface area contributed by atoms with Gasteiger partial charge in [-0.3, -0.25) is 4.79 Å². The van der Waals surface area contributed by atoms with Crippen molar-refractivity contribution in [2.75, 3.05) is 5.32 Å². The number of nitrogens with one attached hydrogen (secondary N) is 1. The number of nitrogens with zero attached hydrogens (tertiary/aromatic N) is 4. The van der Waals surface area contributed by atoms with Gasteiger partial charge in [0.1, 0.15) is 17.3 Å². The highest BCUT2D eigenvalue weighted by Crippen LogP contribution is 2.36. The van der Waals surface area contributed by atoms with E-state index in [2.05, 4.69) is 20.5 Å². The van der Waals surface area contributed by atoms with Gasteiger partial charge in [0.25, 0.3) is 0 Å². The SMILES string of the molecule is Cn1ccnc1C(CC(=O)Nc1nncs1)C(F)(F)F. The van der Waals surface area contributed by atoms with Crippen LogP contribution in [0.1, 0.15) is 18.2 Å². The van der Waals surface area contributed by atoms with Crippen molar-refractivity contribution in [2.45, 2.75) is 18.5 Å². The van der Waals surface area contributed by atoms with Crippen molar-refractivity contribution < 1.29 is 18.0 Å². The summed E-state index contributed by atoms with van der Waals surface area (Å²) in [7, 11) is 1.45. The maximum atomic E-state index is 13.0. The number of alkyl halides is 3. The Hall–Kier alpha value is -1.97. The predicted molar refractivity (Wildman–Crippen MR) is 65.2 cm³/mol. The molecule has 0 aliphatic carbocycles. The average molecular weight is 305 g/mol. The molecule has 6 nitrogen and oxygen atoms in total. The van der Waals surface area contributed by atoms with E-state index in [1.54, 1.807) is 0 Å². The molecule has 0 saturated heterocycles. The van der Waals surface area contributed by atoms with Gasteiger partial charge in [-0.25, -0.2) is 4.98 Å². The molecule has 1 N–H and O–H groups in total. The minimum atomic E-state index is -4.56. The molecule has 1 amide bonds. The molecule has 20 heavy (non-hydrogen) atoms. The van der Waals surface area contributed by atoms with E-state index in [1.165, 1.54) is 29.5 Å². The van der Waals surface area contributed by atoms with Gasteiger partial charge in [0, 0.05) is 25.9 Å². The van der Waals surface area contributed by atoms with E-state index in [1.807, 2.05) is 0 Å². The van der Waals surface area contributed by atoms with Crippen LogP contribution in [0.25, 0.3) is 0 Å². The fraction of sp³-hybridized carbons (Fsp3) is 0.400. The van der Waals surface area contributed by atoms with Crippen LogP contribution < -0.4 is 5.32 Å². The van der Waals surface area contributed by atoms with Crippen LogP contribution in [-0.2, 0) is 11.8 Å². The second-order valence-electron chi connectivity index (χ2n) is 3.99. The normalized spacial score (nSPS) is 13.2. The van der Waals surface area contributed by atoms with E-state index < -0.39 is 24.4 Å². The maximum absolute atomic E-state index is 13.0. The van der Waals surface area contributed by atoms with Crippen molar-refractivity contribution in [3.05, 3.63) is 23.7 Å². The Morgan fingerprint density at radius 3 is 2.80 bits per heavy atom. The molecule has 0 bridgehead atoms. The lowest BCUT2D eigenvalue weighted by atomic mass is 10.0. The highest BCUT2D eigenvalue weighted by Gasteiger charge is 2.44. The van der Waals surface area contributed by atoms with E-state index in [9.17, 15) is 18.0 Å². The molecular weight excluding hydrogens is 295 g/mol. The summed E-state index contributed by atoms with van der Waals surface area (Å²) < 4.78 is 40.4. The maximum Gasteiger partial charge on any atom is 0.399 e. The molecule has 2 aromatic rings. The van der Waals surface area contributed by atoms with Gasteiger partial charge in [0.05, 0.1) is 0 Å². The first-order valence-corrected chi connectivity index (χ1v) is 6.36. The fourth-order valence-corrected chi connectivity index (χ4v) is 2.11. The van der Waals surface area contributed by atoms with Crippen LogP contribution in [0.3, 0.4) is 0 Å². The van der Waals surface area contributed by atoms with Crippen LogP contribution in [-0.4, -0.2) is 31.8 Å². The fourth-order valence-electron chi connectivity index (χ4n) is 1.65. The molecule has 108 valence electrons. The predicted octanol–water partition coefficient (Wildman–Crippen LogP) is 1.95. The smallest absolute Gasteiger partial charge is 0.337 e. The summed E-state index contributed by atoms with van der Waals surface area (Å²) in [6.45, 7) is 0. The molecule has 2 rings (SSSR count). The van der Waals surface area contributed by atoms with E-state index in [4.69, 9.17) is 0 Å². The third kappa shape index (κ3) is 3.32. The van der Waals surface area contributed by atoms with Crippen molar-refractivity contribution in [1.82, 2.24) is 19.7 Å². The van der Waals surface area contributed by atoms with Crippen molar-refractivity contribution in [2.24, 2.45) is 7.05 Å².